The zero-order valence-corrected chi connectivity index (χ0v) is 8.35. The number of hydrogen-bond donors (Lipinski definition) is 1. The van der Waals surface area contributed by atoms with Crippen LogP contribution in [-0.2, 0) is 0 Å². The number of nitrogens with one attached hydrogen (secondary N) is 1. The van der Waals surface area contributed by atoms with E-state index in [4.69, 9.17) is 0 Å². The molecule has 0 bridgehead atoms. The van der Waals surface area contributed by atoms with Crippen LogP contribution in [0.5, 0.6) is 0 Å². The molecule has 0 saturated heterocycles. The third-order valence-electron chi connectivity index (χ3n) is 1.76. The van der Waals surface area contributed by atoms with E-state index in [0.717, 1.165) is 13.1 Å². The van der Waals surface area contributed by atoms with Gasteiger partial charge in [0, 0.05) is 12.6 Å². The van der Waals surface area contributed by atoms with Crippen molar-refractivity contribution in [1.29, 1.82) is 0 Å². The molecule has 11 heavy (non-hydrogen) atoms. The Kier molecular flexibility index (Phi) is 6.57. The molecule has 1 N–H and O–H groups in total. The van der Waals surface area contributed by atoms with Crippen LogP contribution in [0.3, 0.4) is 0 Å². The normalized spacial score (nSPS) is 13.9. The van der Waals surface area contributed by atoms with Gasteiger partial charge in [-0.1, -0.05) is 13.8 Å². The average Bonchev–Trinajstić information content (AvgIpc) is 1.97. The standard InChI is InChI=1S/C9H22N2/c1-5-7-10-9(6-2)8-11(3)4/h9-10H,5-8H2,1-4H3. The molecule has 0 amide bonds. The minimum atomic E-state index is 0.671. The molecule has 0 spiro atoms. The van der Waals surface area contributed by atoms with E-state index in [1.807, 2.05) is 0 Å². The summed E-state index contributed by atoms with van der Waals surface area (Å²) in [6, 6.07) is 0.671. The molecule has 2 nitrogen and oxygen atoms in total. The lowest BCUT2D eigenvalue weighted by molar-refractivity contribution is 0.332. The molecule has 0 saturated carbocycles. The Bertz CT molecular complexity index is 81.6. The molecule has 1 atom stereocenters. The van der Waals surface area contributed by atoms with E-state index in [1.165, 1.54) is 12.8 Å². The van der Waals surface area contributed by atoms with Crippen LogP contribution in [0.4, 0.5) is 0 Å². The fourth-order valence-electron chi connectivity index (χ4n) is 1.13. The summed E-state index contributed by atoms with van der Waals surface area (Å²) in [5.74, 6) is 0. The average molecular weight is 158 g/mol. The predicted molar refractivity (Wildman–Crippen MR) is 50.9 cm³/mol. The van der Waals surface area contributed by atoms with E-state index < -0.39 is 0 Å². The smallest absolute Gasteiger partial charge is 0.0192 e. The van der Waals surface area contributed by atoms with E-state index in [2.05, 4.69) is 38.2 Å². The lowest BCUT2D eigenvalue weighted by Gasteiger charge is -2.20. The van der Waals surface area contributed by atoms with Crippen molar-refractivity contribution in [3.63, 3.8) is 0 Å². The molecule has 0 aliphatic carbocycles. The maximum atomic E-state index is 3.51. The Morgan fingerprint density at radius 3 is 2.27 bits per heavy atom. The number of nitrogens with zero attached hydrogens (tertiary/aromatic N) is 1. The van der Waals surface area contributed by atoms with Gasteiger partial charge in [0.2, 0.25) is 0 Å². The fourth-order valence-corrected chi connectivity index (χ4v) is 1.13. The third kappa shape index (κ3) is 6.32. The molecule has 2 heteroatoms. The van der Waals surface area contributed by atoms with Crippen molar-refractivity contribution >= 4 is 0 Å². The van der Waals surface area contributed by atoms with Crippen LogP contribution < -0.4 is 5.32 Å². The van der Waals surface area contributed by atoms with E-state index in [0.29, 0.717) is 6.04 Å². The van der Waals surface area contributed by atoms with Gasteiger partial charge in [-0.25, -0.2) is 0 Å². The van der Waals surface area contributed by atoms with Crippen molar-refractivity contribution < 1.29 is 0 Å². The molecule has 68 valence electrons. The summed E-state index contributed by atoms with van der Waals surface area (Å²) >= 11 is 0. The SMILES string of the molecule is CCCNC(CC)CN(C)C. The molecular weight excluding hydrogens is 136 g/mol. The summed E-state index contributed by atoms with van der Waals surface area (Å²) < 4.78 is 0. The van der Waals surface area contributed by atoms with Crippen LogP contribution in [-0.4, -0.2) is 38.1 Å². The first-order valence-electron chi connectivity index (χ1n) is 4.58. The van der Waals surface area contributed by atoms with Crippen LogP contribution in [0.15, 0.2) is 0 Å². The van der Waals surface area contributed by atoms with E-state index in [1.54, 1.807) is 0 Å². The molecule has 0 fully saturated rings. The zero-order valence-electron chi connectivity index (χ0n) is 8.35. The highest BCUT2D eigenvalue weighted by atomic mass is 15.1. The molecule has 1 unspecified atom stereocenters. The Morgan fingerprint density at radius 2 is 1.91 bits per heavy atom. The van der Waals surface area contributed by atoms with Crippen LogP contribution in [0, 0.1) is 0 Å². The first-order chi connectivity index (χ1) is 5.20. The summed E-state index contributed by atoms with van der Waals surface area (Å²) in [6.07, 6.45) is 2.45. The lowest BCUT2D eigenvalue weighted by Crippen LogP contribution is -2.38. The highest BCUT2D eigenvalue weighted by molar-refractivity contribution is 4.66. The number of rotatable bonds is 6. The molecule has 0 aromatic carbocycles. The second-order valence-corrected chi connectivity index (χ2v) is 3.32. The van der Waals surface area contributed by atoms with Gasteiger partial charge in [0.15, 0.2) is 0 Å². The topological polar surface area (TPSA) is 15.3 Å². The highest BCUT2D eigenvalue weighted by Gasteiger charge is 2.04. The molecule has 0 aliphatic heterocycles. The van der Waals surface area contributed by atoms with E-state index in [9.17, 15) is 0 Å². The van der Waals surface area contributed by atoms with Crippen LogP contribution >= 0.6 is 0 Å². The Balaban J connectivity index is 3.41. The zero-order chi connectivity index (χ0) is 8.69. The van der Waals surface area contributed by atoms with Crippen molar-refractivity contribution in [3.8, 4) is 0 Å². The lowest BCUT2D eigenvalue weighted by atomic mass is 10.2. The van der Waals surface area contributed by atoms with Gasteiger partial charge >= 0.3 is 0 Å². The van der Waals surface area contributed by atoms with Gasteiger partial charge < -0.3 is 10.2 Å². The van der Waals surface area contributed by atoms with E-state index >= 15 is 0 Å². The molecule has 0 radical (unpaired) electrons. The summed E-state index contributed by atoms with van der Waals surface area (Å²) in [5, 5.41) is 3.51. The van der Waals surface area contributed by atoms with Crippen molar-refractivity contribution in [2.45, 2.75) is 32.7 Å². The highest BCUT2D eigenvalue weighted by Crippen LogP contribution is 1.92. The summed E-state index contributed by atoms with van der Waals surface area (Å²) in [4.78, 5) is 2.23. The Morgan fingerprint density at radius 1 is 1.27 bits per heavy atom. The Hall–Kier alpha value is -0.0800. The minimum Gasteiger partial charge on any atom is -0.313 e. The predicted octanol–water partition coefficient (Wildman–Crippen LogP) is 1.33. The molecule has 0 rings (SSSR count). The largest absolute Gasteiger partial charge is 0.313 e. The number of hydrogen-bond acceptors (Lipinski definition) is 2. The summed E-state index contributed by atoms with van der Waals surface area (Å²) in [6.45, 7) is 6.73. The van der Waals surface area contributed by atoms with E-state index in [-0.39, 0.29) is 0 Å². The van der Waals surface area contributed by atoms with Gasteiger partial charge in [0.05, 0.1) is 0 Å². The maximum absolute atomic E-state index is 3.51. The summed E-state index contributed by atoms with van der Waals surface area (Å²) in [7, 11) is 4.24. The third-order valence-corrected chi connectivity index (χ3v) is 1.76. The molecule has 0 heterocycles. The number of likely N-dealkylation sites (N-methyl/N-ethyl adjacent to an activating group) is 1. The second kappa shape index (κ2) is 6.62. The van der Waals surface area contributed by atoms with Gasteiger partial charge in [0.1, 0.15) is 0 Å². The molecular formula is C9H22N2. The second-order valence-electron chi connectivity index (χ2n) is 3.32. The van der Waals surface area contributed by atoms with Crippen LogP contribution in [0.1, 0.15) is 26.7 Å². The monoisotopic (exact) mass is 158 g/mol. The fraction of sp³-hybridized carbons (Fsp3) is 1.00. The molecule has 0 aliphatic rings. The van der Waals surface area contributed by atoms with Crippen LogP contribution in [0.2, 0.25) is 0 Å². The van der Waals surface area contributed by atoms with Gasteiger partial charge in [-0.3, -0.25) is 0 Å². The molecule has 0 aromatic heterocycles. The first kappa shape index (κ1) is 10.9. The van der Waals surface area contributed by atoms with Crippen LogP contribution in [0.25, 0.3) is 0 Å². The molecule has 0 aromatic rings. The van der Waals surface area contributed by atoms with Gasteiger partial charge in [0.25, 0.3) is 0 Å². The van der Waals surface area contributed by atoms with Crippen molar-refractivity contribution in [1.82, 2.24) is 10.2 Å². The van der Waals surface area contributed by atoms with Crippen molar-refractivity contribution in [2.75, 3.05) is 27.2 Å². The quantitative estimate of drug-likeness (QED) is 0.627. The maximum Gasteiger partial charge on any atom is 0.0192 e. The first-order valence-corrected chi connectivity index (χ1v) is 4.58. The van der Waals surface area contributed by atoms with Crippen molar-refractivity contribution in [2.24, 2.45) is 0 Å². The van der Waals surface area contributed by atoms with Gasteiger partial charge in [-0.15, -0.1) is 0 Å². The Labute approximate surface area is 71.0 Å². The van der Waals surface area contributed by atoms with Gasteiger partial charge in [-0.05, 0) is 33.5 Å². The van der Waals surface area contributed by atoms with Gasteiger partial charge in [-0.2, -0.15) is 0 Å². The van der Waals surface area contributed by atoms with Crippen molar-refractivity contribution in [3.05, 3.63) is 0 Å². The minimum absolute atomic E-state index is 0.671. The summed E-state index contributed by atoms with van der Waals surface area (Å²) in [5.41, 5.74) is 0.